The van der Waals surface area contributed by atoms with Crippen molar-refractivity contribution in [1.29, 1.82) is 0 Å². The van der Waals surface area contributed by atoms with Gasteiger partial charge in [0.2, 0.25) is 0 Å². The second-order valence-electron chi connectivity index (χ2n) is 3.94. The first-order valence-corrected chi connectivity index (χ1v) is 5.68. The van der Waals surface area contributed by atoms with Crippen LogP contribution in [0.3, 0.4) is 0 Å². The van der Waals surface area contributed by atoms with Crippen molar-refractivity contribution in [3.8, 4) is 5.75 Å². The van der Waals surface area contributed by atoms with Gasteiger partial charge in [0.25, 0.3) is 0 Å². The molecule has 0 aliphatic rings. The van der Waals surface area contributed by atoms with E-state index in [2.05, 4.69) is 0 Å². The average molecular weight is 255 g/mol. The highest BCUT2D eigenvalue weighted by molar-refractivity contribution is 5.91. The summed E-state index contributed by atoms with van der Waals surface area (Å²) in [4.78, 5) is 21.6. The number of carbonyl (C=O) groups excluding carboxylic acids is 2. The third-order valence-electron chi connectivity index (χ3n) is 2.60. The van der Waals surface area contributed by atoms with Crippen LogP contribution < -0.4 is 9.84 Å². The maximum Gasteiger partial charge on any atom is 0.150 e. The summed E-state index contributed by atoms with van der Waals surface area (Å²) in [7, 11) is 0. The molecule has 0 fully saturated rings. The number of aromatic carboxylic acids is 1. The first-order chi connectivity index (χ1) is 9.20. The molecule has 0 saturated carbocycles. The van der Waals surface area contributed by atoms with Gasteiger partial charge < -0.3 is 14.6 Å². The molecule has 0 aliphatic heterocycles. The van der Waals surface area contributed by atoms with Crippen LogP contribution in [0.15, 0.2) is 48.5 Å². The molecule has 19 heavy (non-hydrogen) atoms. The Morgan fingerprint density at radius 3 is 2.53 bits per heavy atom. The molecule has 0 spiro atoms. The summed E-state index contributed by atoms with van der Waals surface area (Å²) in [6, 6.07) is 13.6. The summed E-state index contributed by atoms with van der Waals surface area (Å²) in [5.41, 5.74) is 1.07. The smallest absolute Gasteiger partial charge is 0.150 e. The summed E-state index contributed by atoms with van der Waals surface area (Å²) in [5.74, 6) is -1.18. The number of rotatable bonds is 5. The number of ether oxygens (including phenoxy) is 1. The second kappa shape index (κ2) is 5.82. The Kier molecular flexibility index (Phi) is 3.93. The Morgan fingerprint density at radius 2 is 1.89 bits per heavy atom. The lowest BCUT2D eigenvalue weighted by molar-refractivity contribution is -0.255. The van der Waals surface area contributed by atoms with Crippen LogP contribution in [-0.4, -0.2) is 12.3 Å². The first-order valence-electron chi connectivity index (χ1n) is 5.68. The van der Waals surface area contributed by atoms with Crippen LogP contribution in [0.5, 0.6) is 5.75 Å². The molecule has 0 radical (unpaired) electrons. The third kappa shape index (κ3) is 3.19. The molecule has 0 aromatic heterocycles. The van der Waals surface area contributed by atoms with E-state index in [0.717, 1.165) is 5.56 Å². The highest BCUT2D eigenvalue weighted by Gasteiger charge is 2.06. The van der Waals surface area contributed by atoms with E-state index in [9.17, 15) is 14.7 Å². The number of aldehydes is 1. The number of carboxylic acid groups (broad SMARTS) is 1. The number of carbonyl (C=O) groups is 2. The lowest BCUT2D eigenvalue weighted by Gasteiger charge is -2.12. The molecule has 0 saturated heterocycles. The zero-order chi connectivity index (χ0) is 13.7. The molecular formula is C15H11O4-. The van der Waals surface area contributed by atoms with Crippen molar-refractivity contribution in [2.24, 2.45) is 0 Å². The molecule has 0 amide bonds. The quantitative estimate of drug-likeness (QED) is 0.758. The fourth-order valence-corrected chi connectivity index (χ4v) is 1.64. The van der Waals surface area contributed by atoms with Crippen molar-refractivity contribution >= 4 is 12.3 Å². The van der Waals surface area contributed by atoms with Crippen molar-refractivity contribution in [3.63, 3.8) is 0 Å². The van der Waals surface area contributed by atoms with Crippen LogP contribution in [0.4, 0.5) is 0 Å². The molecule has 0 unspecified atom stereocenters. The topological polar surface area (TPSA) is 66.4 Å². The van der Waals surface area contributed by atoms with Crippen LogP contribution in [0.1, 0.15) is 26.3 Å². The van der Waals surface area contributed by atoms with Gasteiger partial charge in [-0.05, 0) is 23.8 Å². The number of carboxylic acids is 1. The van der Waals surface area contributed by atoms with Crippen molar-refractivity contribution in [3.05, 3.63) is 65.2 Å². The predicted octanol–water partition coefficient (Wildman–Crippen LogP) is 1.44. The van der Waals surface area contributed by atoms with Crippen molar-refractivity contribution in [2.75, 3.05) is 0 Å². The fourth-order valence-electron chi connectivity index (χ4n) is 1.64. The predicted molar refractivity (Wildman–Crippen MR) is 66.9 cm³/mol. The molecule has 0 atom stereocenters. The molecule has 2 aromatic rings. The molecule has 0 heterocycles. The molecule has 0 bridgehead atoms. The normalized spacial score (nSPS) is 9.89. The van der Waals surface area contributed by atoms with E-state index in [4.69, 9.17) is 4.74 Å². The van der Waals surface area contributed by atoms with Gasteiger partial charge >= 0.3 is 0 Å². The molecule has 0 aliphatic carbocycles. The molecular weight excluding hydrogens is 244 g/mol. The Hall–Kier alpha value is -2.62. The average Bonchev–Trinajstić information content (AvgIpc) is 2.46. The minimum Gasteiger partial charge on any atom is -0.545 e. The number of hydrogen-bond acceptors (Lipinski definition) is 4. The van der Waals surface area contributed by atoms with Gasteiger partial charge in [0.15, 0.2) is 0 Å². The fraction of sp³-hybridized carbons (Fsp3) is 0.0667. The Morgan fingerprint density at radius 1 is 1.16 bits per heavy atom. The SMILES string of the molecule is O=Cc1ccc(OCc2ccccc2)c(C(=O)[O-])c1. The van der Waals surface area contributed by atoms with Gasteiger partial charge in [-0.1, -0.05) is 30.3 Å². The van der Waals surface area contributed by atoms with Crippen molar-refractivity contribution < 1.29 is 19.4 Å². The van der Waals surface area contributed by atoms with Gasteiger partial charge in [-0.3, -0.25) is 4.79 Å². The van der Waals surface area contributed by atoms with E-state index in [1.165, 1.54) is 18.2 Å². The van der Waals surface area contributed by atoms with Gasteiger partial charge in [-0.25, -0.2) is 0 Å². The third-order valence-corrected chi connectivity index (χ3v) is 2.60. The minimum atomic E-state index is -1.37. The van der Waals surface area contributed by atoms with E-state index in [1.54, 1.807) is 0 Å². The van der Waals surface area contributed by atoms with Crippen LogP contribution in [0, 0.1) is 0 Å². The molecule has 0 N–H and O–H groups in total. The van der Waals surface area contributed by atoms with Gasteiger partial charge in [0.1, 0.15) is 18.6 Å². The van der Waals surface area contributed by atoms with Crippen LogP contribution in [-0.2, 0) is 6.61 Å². The van der Waals surface area contributed by atoms with Crippen LogP contribution in [0.25, 0.3) is 0 Å². The molecule has 4 heteroatoms. The number of hydrogen-bond donors (Lipinski definition) is 0. The van der Waals surface area contributed by atoms with Crippen LogP contribution >= 0.6 is 0 Å². The first kappa shape index (κ1) is 12.8. The lowest BCUT2D eigenvalue weighted by atomic mass is 10.1. The monoisotopic (exact) mass is 255 g/mol. The summed E-state index contributed by atoms with van der Waals surface area (Å²) in [5, 5.41) is 11.0. The van der Waals surface area contributed by atoms with Gasteiger partial charge in [-0.15, -0.1) is 0 Å². The highest BCUT2D eigenvalue weighted by Crippen LogP contribution is 2.20. The van der Waals surface area contributed by atoms with E-state index in [-0.39, 0.29) is 23.5 Å². The molecule has 2 aromatic carbocycles. The summed E-state index contributed by atoms with van der Waals surface area (Å²) < 4.78 is 5.45. The Labute approximate surface area is 110 Å². The van der Waals surface area contributed by atoms with Gasteiger partial charge in [-0.2, -0.15) is 0 Å². The molecule has 2 rings (SSSR count). The van der Waals surface area contributed by atoms with Crippen molar-refractivity contribution in [1.82, 2.24) is 0 Å². The maximum atomic E-state index is 11.0. The lowest BCUT2D eigenvalue weighted by Crippen LogP contribution is -2.23. The second-order valence-corrected chi connectivity index (χ2v) is 3.94. The highest BCUT2D eigenvalue weighted by atomic mass is 16.5. The Balaban J connectivity index is 2.20. The maximum absolute atomic E-state index is 11.0. The Bertz CT molecular complexity index is 590. The number of benzene rings is 2. The zero-order valence-electron chi connectivity index (χ0n) is 10.0. The van der Waals surface area contributed by atoms with E-state index in [1.807, 2.05) is 30.3 Å². The minimum absolute atomic E-state index is 0.125. The zero-order valence-corrected chi connectivity index (χ0v) is 10.0. The largest absolute Gasteiger partial charge is 0.545 e. The van der Waals surface area contributed by atoms with E-state index >= 15 is 0 Å². The van der Waals surface area contributed by atoms with Crippen LogP contribution in [0.2, 0.25) is 0 Å². The summed E-state index contributed by atoms with van der Waals surface area (Å²) in [6.45, 7) is 0.252. The van der Waals surface area contributed by atoms with Gasteiger partial charge in [0, 0.05) is 11.1 Å². The summed E-state index contributed by atoms with van der Waals surface area (Å²) in [6.07, 6.45) is 0.577. The van der Waals surface area contributed by atoms with E-state index in [0.29, 0.717) is 6.29 Å². The standard InChI is InChI=1S/C15H12O4/c16-9-12-6-7-14(13(8-12)15(17)18)19-10-11-4-2-1-3-5-11/h1-9H,10H2,(H,17,18)/p-1. The molecule has 4 nitrogen and oxygen atoms in total. The van der Waals surface area contributed by atoms with Crippen molar-refractivity contribution in [2.45, 2.75) is 6.61 Å². The van der Waals surface area contributed by atoms with Gasteiger partial charge in [0.05, 0.1) is 5.97 Å². The summed E-state index contributed by atoms with van der Waals surface area (Å²) >= 11 is 0. The molecule has 96 valence electrons. The van der Waals surface area contributed by atoms with E-state index < -0.39 is 5.97 Å².